The van der Waals surface area contributed by atoms with Crippen molar-refractivity contribution in [1.29, 1.82) is 0 Å². The Labute approximate surface area is 166 Å². The fourth-order valence-electron chi connectivity index (χ4n) is 3.28. The molecule has 2 aromatic carbocycles. The number of nitrogens with zero attached hydrogens (tertiary/aromatic N) is 5. The highest BCUT2D eigenvalue weighted by Crippen LogP contribution is 2.25. The average Bonchev–Trinajstić information content (AvgIpc) is 3.10. The molecule has 1 amide bonds. The van der Waals surface area contributed by atoms with Crippen molar-refractivity contribution in [3.8, 4) is 11.3 Å². The quantitative estimate of drug-likeness (QED) is 0.513. The molecule has 0 saturated heterocycles. The van der Waals surface area contributed by atoms with Crippen molar-refractivity contribution in [3.63, 3.8) is 0 Å². The van der Waals surface area contributed by atoms with Gasteiger partial charge in [0.15, 0.2) is 0 Å². The van der Waals surface area contributed by atoms with Gasteiger partial charge >= 0.3 is 0 Å². The molecule has 1 N–H and O–H groups in total. The van der Waals surface area contributed by atoms with E-state index in [9.17, 15) is 4.79 Å². The summed E-state index contributed by atoms with van der Waals surface area (Å²) in [5, 5.41) is 2.89. The minimum absolute atomic E-state index is 0.266. The first-order chi connectivity index (χ1) is 14.2. The summed E-state index contributed by atoms with van der Waals surface area (Å²) >= 11 is 0. The lowest BCUT2D eigenvalue weighted by molar-refractivity contribution is 0.102. The average molecular weight is 380 g/mol. The third kappa shape index (κ3) is 3.08. The van der Waals surface area contributed by atoms with Crippen LogP contribution < -0.4 is 5.32 Å². The lowest BCUT2D eigenvalue weighted by Crippen LogP contribution is -2.14. The first kappa shape index (κ1) is 17.0. The monoisotopic (exact) mass is 380 g/mol. The number of benzene rings is 2. The maximum atomic E-state index is 12.7. The summed E-state index contributed by atoms with van der Waals surface area (Å²) in [6, 6.07) is 16.9. The van der Waals surface area contributed by atoms with Gasteiger partial charge in [0.2, 0.25) is 5.78 Å². The summed E-state index contributed by atoms with van der Waals surface area (Å²) in [7, 11) is 0. The number of amides is 1. The molecule has 0 bridgehead atoms. The van der Waals surface area contributed by atoms with E-state index >= 15 is 0 Å². The summed E-state index contributed by atoms with van der Waals surface area (Å²) in [5.41, 5.74) is 5.07. The number of aryl methyl sites for hydroxylation is 1. The van der Waals surface area contributed by atoms with Crippen LogP contribution in [0, 0.1) is 6.92 Å². The first-order valence-corrected chi connectivity index (χ1v) is 9.12. The standard InChI is InChI=1S/C22H16N6O/c1-14-20(27-22-23-10-5-11-28(14)22)15-6-4-7-16(12-15)25-21(29)19-13-24-17-8-2-3-9-18(17)26-19/h2-13H,1H3,(H,25,29). The second-order valence-corrected chi connectivity index (χ2v) is 6.61. The second-order valence-electron chi connectivity index (χ2n) is 6.61. The van der Waals surface area contributed by atoms with Crippen molar-refractivity contribution in [2.75, 3.05) is 5.32 Å². The number of carbonyl (C=O) groups excluding carboxylic acids is 1. The number of anilines is 1. The van der Waals surface area contributed by atoms with Gasteiger partial charge in [-0.2, -0.15) is 0 Å². The maximum Gasteiger partial charge on any atom is 0.275 e. The molecule has 7 nitrogen and oxygen atoms in total. The molecule has 5 rings (SSSR count). The van der Waals surface area contributed by atoms with Gasteiger partial charge in [0, 0.05) is 29.3 Å². The van der Waals surface area contributed by atoms with E-state index in [1.54, 1.807) is 6.20 Å². The van der Waals surface area contributed by atoms with E-state index in [-0.39, 0.29) is 11.6 Å². The van der Waals surface area contributed by atoms with Crippen molar-refractivity contribution in [2.24, 2.45) is 0 Å². The molecule has 0 saturated carbocycles. The van der Waals surface area contributed by atoms with Gasteiger partial charge in [-0.3, -0.25) is 14.2 Å². The molecule has 0 aliphatic heterocycles. The predicted octanol–water partition coefficient (Wildman–Crippen LogP) is 3.90. The van der Waals surface area contributed by atoms with Crippen LogP contribution in [0.25, 0.3) is 28.1 Å². The topological polar surface area (TPSA) is 85.1 Å². The van der Waals surface area contributed by atoms with Gasteiger partial charge in [-0.25, -0.2) is 15.0 Å². The van der Waals surface area contributed by atoms with E-state index < -0.39 is 0 Å². The summed E-state index contributed by atoms with van der Waals surface area (Å²) in [6.07, 6.45) is 5.13. The van der Waals surface area contributed by atoms with Crippen LogP contribution >= 0.6 is 0 Å². The van der Waals surface area contributed by atoms with Crippen LogP contribution in [-0.4, -0.2) is 30.2 Å². The summed E-state index contributed by atoms with van der Waals surface area (Å²) in [4.78, 5) is 30.3. The molecule has 0 atom stereocenters. The number of imidazole rings is 1. The molecule has 7 heteroatoms. The molecule has 3 aromatic heterocycles. The number of aromatic nitrogens is 5. The molecule has 3 heterocycles. The van der Waals surface area contributed by atoms with Crippen molar-refractivity contribution >= 4 is 28.4 Å². The number of hydrogen-bond donors (Lipinski definition) is 1. The van der Waals surface area contributed by atoms with Crippen molar-refractivity contribution < 1.29 is 4.79 Å². The molecule has 0 aliphatic carbocycles. The van der Waals surface area contributed by atoms with E-state index in [1.807, 2.05) is 72.1 Å². The van der Waals surface area contributed by atoms with Crippen LogP contribution in [-0.2, 0) is 0 Å². The zero-order chi connectivity index (χ0) is 19.8. The summed E-state index contributed by atoms with van der Waals surface area (Å²) in [6.45, 7) is 1.99. The number of carbonyl (C=O) groups is 1. The van der Waals surface area contributed by atoms with Crippen molar-refractivity contribution in [1.82, 2.24) is 24.3 Å². The number of fused-ring (bicyclic) bond motifs is 2. The van der Waals surface area contributed by atoms with Crippen LogP contribution in [0.1, 0.15) is 16.2 Å². The van der Waals surface area contributed by atoms with E-state index in [2.05, 4.69) is 25.3 Å². The maximum absolute atomic E-state index is 12.7. The second kappa shape index (κ2) is 6.79. The van der Waals surface area contributed by atoms with E-state index in [0.717, 1.165) is 22.5 Å². The largest absolute Gasteiger partial charge is 0.321 e. The Balaban J connectivity index is 1.46. The first-order valence-electron chi connectivity index (χ1n) is 9.12. The van der Waals surface area contributed by atoms with Crippen LogP contribution in [0.3, 0.4) is 0 Å². The lowest BCUT2D eigenvalue weighted by atomic mass is 10.1. The highest BCUT2D eigenvalue weighted by molar-refractivity contribution is 6.03. The Morgan fingerprint density at radius 1 is 0.966 bits per heavy atom. The van der Waals surface area contributed by atoms with Gasteiger partial charge in [-0.05, 0) is 37.3 Å². The highest BCUT2D eigenvalue weighted by atomic mass is 16.1. The highest BCUT2D eigenvalue weighted by Gasteiger charge is 2.13. The molecular formula is C22H16N6O. The molecular weight excluding hydrogens is 364 g/mol. The van der Waals surface area contributed by atoms with Gasteiger partial charge in [-0.15, -0.1) is 0 Å². The molecule has 0 aliphatic rings. The summed E-state index contributed by atoms with van der Waals surface area (Å²) in [5.74, 6) is 0.328. The normalized spacial score (nSPS) is 11.1. The van der Waals surface area contributed by atoms with Gasteiger partial charge in [0.1, 0.15) is 5.69 Å². The Morgan fingerprint density at radius 2 is 1.83 bits per heavy atom. The SMILES string of the molecule is Cc1c(-c2cccc(NC(=O)c3cnc4ccccc4n3)c2)nc2ncccn12. The van der Waals surface area contributed by atoms with Crippen LogP contribution in [0.5, 0.6) is 0 Å². The van der Waals surface area contributed by atoms with E-state index in [0.29, 0.717) is 17.0 Å². The Bertz CT molecular complexity index is 1370. The number of hydrogen-bond acceptors (Lipinski definition) is 5. The van der Waals surface area contributed by atoms with E-state index in [1.165, 1.54) is 6.20 Å². The van der Waals surface area contributed by atoms with Gasteiger partial charge in [0.05, 0.1) is 22.9 Å². The molecule has 0 fully saturated rings. The molecule has 0 spiro atoms. The fraction of sp³-hybridized carbons (Fsp3) is 0.0455. The van der Waals surface area contributed by atoms with E-state index in [4.69, 9.17) is 0 Å². The lowest BCUT2D eigenvalue weighted by Gasteiger charge is -2.07. The molecule has 5 aromatic rings. The van der Waals surface area contributed by atoms with Gasteiger partial charge < -0.3 is 5.32 Å². The number of nitrogens with one attached hydrogen (secondary N) is 1. The minimum Gasteiger partial charge on any atom is -0.321 e. The van der Waals surface area contributed by atoms with Crippen molar-refractivity contribution in [2.45, 2.75) is 6.92 Å². The van der Waals surface area contributed by atoms with Crippen LogP contribution in [0.15, 0.2) is 73.2 Å². The predicted molar refractivity (Wildman–Crippen MR) is 111 cm³/mol. The summed E-state index contributed by atoms with van der Waals surface area (Å²) < 4.78 is 1.94. The fourth-order valence-corrected chi connectivity index (χ4v) is 3.28. The Hall–Kier alpha value is -4.13. The van der Waals surface area contributed by atoms with Gasteiger partial charge in [-0.1, -0.05) is 24.3 Å². The Kier molecular flexibility index (Phi) is 3.98. The van der Waals surface area contributed by atoms with Crippen molar-refractivity contribution in [3.05, 3.63) is 84.6 Å². The van der Waals surface area contributed by atoms with Crippen LogP contribution in [0.2, 0.25) is 0 Å². The van der Waals surface area contributed by atoms with Gasteiger partial charge in [0.25, 0.3) is 5.91 Å². The zero-order valence-corrected chi connectivity index (χ0v) is 15.6. The minimum atomic E-state index is -0.311. The van der Waals surface area contributed by atoms with Crippen LogP contribution in [0.4, 0.5) is 5.69 Å². The number of rotatable bonds is 3. The molecule has 0 radical (unpaired) electrons. The molecule has 0 unspecified atom stereocenters. The molecule has 140 valence electrons. The smallest absolute Gasteiger partial charge is 0.275 e. The number of para-hydroxylation sites is 2. The third-order valence-electron chi connectivity index (χ3n) is 4.72. The molecule has 29 heavy (non-hydrogen) atoms. The third-order valence-corrected chi connectivity index (χ3v) is 4.72. The Morgan fingerprint density at radius 3 is 2.69 bits per heavy atom. The zero-order valence-electron chi connectivity index (χ0n) is 15.6.